The molecule has 1 aromatic carbocycles. The molecule has 0 spiro atoms. The average Bonchev–Trinajstić information content (AvgIpc) is 3.34. The topological polar surface area (TPSA) is 100 Å². The minimum absolute atomic E-state index is 0.234. The van der Waals surface area contributed by atoms with Crippen LogP contribution in [-0.4, -0.2) is 115 Å². The Morgan fingerprint density at radius 1 is 0.846 bits per heavy atom. The van der Waals surface area contributed by atoms with E-state index < -0.39 is 5.60 Å². The summed E-state index contributed by atoms with van der Waals surface area (Å²) in [6.07, 6.45) is 1.67. The lowest BCUT2D eigenvalue weighted by Crippen LogP contribution is -2.50. The summed E-state index contributed by atoms with van der Waals surface area (Å²) < 4.78 is 29.7. The maximum absolute atomic E-state index is 12.1. The smallest absolute Gasteiger partial charge is 0.410 e. The summed E-state index contributed by atoms with van der Waals surface area (Å²) in [6.45, 7) is 16.4. The van der Waals surface area contributed by atoms with E-state index in [0.717, 1.165) is 25.3 Å². The number of nitrogens with zero attached hydrogens (tertiary/aromatic N) is 5. The Morgan fingerprint density at radius 3 is 2.05 bits per heavy atom. The number of benzene rings is 1. The predicted molar refractivity (Wildman–Crippen MR) is 147 cm³/mol. The lowest BCUT2D eigenvalue weighted by atomic mass is 10.1. The molecule has 0 saturated carbocycles. The van der Waals surface area contributed by atoms with Crippen LogP contribution in [0.1, 0.15) is 37.6 Å². The minimum atomic E-state index is -0.461. The van der Waals surface area contributed by atoms with Gasteiger partial charge in [-0.05, 0) is 33.3 Å². The first kappa shape index (κ1) is 31.0. The summed E-state index contributed by atoms with van der Waals surface area (Å²) in [5, 5.41) is 8.32. The average molecular weight is 548 g/mol. The zero-order valence-corrected chi connectivity index (χ0v) is 24.0. The van der Waals surface area contributed by atoms with Crippen molar-refractivity contribution in [1.82, 2.24) is 24.8 Å². The van der Waals surface area contributed by atoms with Gasteiger partial charge < -0.3 is 28.6 Å². The fraction of sp³-hybridized carbons (Fsp3) is 0.679. The summed E-state index contributed by atoms with van der Waals surface area (Å²) in [7, 11) is 0. The maximum atomic E-state index is 12.1. The van der Waals surface area contributed by atoms with E-state index in [2.05, 4.69) is 46.4 Å². The molecule has 0 N–H and O–H groups in total. The first-order valence-corrected chi connectivity index (χ1v) is 13.7. The minimum Gasteiger partial charge on any atom is -0.444 e. The second-order valence-corrected chi connectivity index (χ2v) is 10.6. The van der Waals surface area contributed by atoms with Crippen molar-refractivity contribution in [2.45, 2.75) is 46.4 Å². The number of carbonyl (C=O) groups is 1. The molecule has 1 fully saturated rings. The van der Waals surface area contributed by atoms with E-state index in [-0.39, 0.29) is 6.09 Å². The molecule has 3 rings (SSSR count). The Hall–Kier alpha value is -2.57. The van der Waals surface area contributed by atoms with Crippen LogP contribution in [0.15, 0.2) is 30.5 Å². The van der Waals surface area contributed by atoms with Crippen LogP contribution in [0.3, 0.4) is 0 Å². The number of carbonyl (C=O) groups excluding carboxylic acids is 1. The first-order valence-electron chi connectivity index (χ1n) is 13.7. The van der Waals surface area contributed by atoms with Gasteiger partial charge in [0.05, 0.1) is 65.6 Å². The third-order valence-electron chi connectivity index (χ3n) is 5.99. The number of hydrogen-bond donors (Lipinski definition) is 0. The van der Waals surface area contributed by atoms with Gasteiger partial charge in [0.25, 0.3) is 0 Å². The standard InChI is InChI=1S/C28H45N5O6/c1-24-5-7-25(8-6-24)21-33-22-26(29-30-33)23-38-20-19-37-18-17-36-16-15-35-14-13-31-9-11-32(12-10-31)27(34)39-28(2,3)4/h5-8,22H,9-21,23H2,1-4H3. The molecule has 0 atom stereocenters. The van der Waals surface area contributed by atoms with Crippen LogP contribution in [0.4, 0.5) is 4.79 Å². The molecule has 39 heavy (non-hydrogen) atoms. The monoisotopic (exact) mass is 547 g/mol. The molecule has 2 aromatic rings. The molecule has 218 valence electrons. The Morgan fingerprint density at radius 2 is 1.44 bits per heavy atom. The molecule has 1 aromatic heterocycles. The second-order valence-electron chi connectivity index (χ2n) is 10.6. The third kappa shape index (κ3) is 12.9. The van der Waals surface area contributed by atoms with Crippen LogP contribution in [-0.2, 0) is 36.8 Å². The molecule has 0 aliphatic carbocycles. The van der Waals surface area contributed by atoms with Crippen LogP contribution >= 0.6 is 0 Å². The van der Waals surface area contributed by atoms with Gasteiger partial charge in [-0.2, -0.15) is 0 Å². The number of piperazine rings is 1. The molecule has 1 aliphatic rings. The SMILES string of the molecule is Cc1ccc(Cn2cc(COCCOCCOCCOCCN3CCN(C(=O)OC(C)(C)C)CC3)nn2)cc1. The lowest BCUT2D eigenvalue weighted by molar-refractivity contribution is -0.00881. The molecule has 0 radical (unpaired) electrons. The largest absolute Gasteiger partial charge is 0.444 e. The van der Waals surface area contributed by atoms with Crippen LogP contribution < -0.4 is 0 Å². The number of ether oxygens (including phenoxy) is 5. The van der Waals surface area contributed by atoms with E-state index in [9.17, 15) is 4.79 Å². The van der Waals surface area contributed by atoms with Gasteiger partial charge in [0.1, 0.15) is 11.3 Å². The van der Waals surface area contributed by atoms with Crippen molar-refractivity contribution in [1.29, 1.82) is 0 Å². The number of aryl methyl sites for hydroxylation is 1. The number of rotatable bonds is 16. The summed E-state index contributed by atoms with van der Waals surface area (Å²) in [5.74, 6) is 0. The van der Waals surface area contributed by atoms with Crippen molar-refractivity contribution in [3.63, 3.8) is 0 Å². The number of hydrogen-bond acceptors (Lipinski definition) is 9. The molecule has 2 heterocycles. The second kappa shape index (κ2) is 16.5. The van der Waals surface area contributed by atoms with E-state index in [4.69, 9.17) is 23.7 Å². The summed E-state index contributed by atoms with van der Waals surface area (Å²) >= 11 is 0. The molecule has 11 heteroatoms. The fourth-order valence-electron chi connectivity index (χ4n) is 3.87. The third-order valence-corrected chi connectivity index (χ3v) is 5.99. The van der Waals surface area contributed by atoms with Gasteiger partial charge in [-0.15, -0.1) is 5.10 Å². The van der Waals surface area contributed by atoms with Gasteiger partial charge in [-0.1, -0.05) is 35.0 Å². The van der Waals surface area contributed by atoms with Crippen LogP contribution in [0, 0.1) is 6.92 Å². The Bertz CT molecular complexity index is 954. The Balaban J connectivity index is 1.08. The van der Waals surface area contributed by atoms with Crippen LogP contribution in [0.2, 0.25) is 0 Å². The first-order chi connectivity index (χ1) is 18.8. The van der Waals surface area contributed by atoms with Crippen molar-refractivity contribution in [3.8, 4) is 0 Å². The zero-order chi connectivity index (χ0) is 27.9. The van der Waals surface area contributed by atoms with E-state index in [0.29, 0.717) is 72.5 Å². The highest BCUT2D eigenvalue weighted by Crippen LogP contribution is 2.12. The highest BCUT2D eigenvalue weighted by molar-refractivity contribution is 5.68. The molecule has 0 unspecified atom stereocenters. The van der Waals surface area contributed by atoms with Gasteiger partial charge in [0.2, 0.25) is 0 Å². The van der Waals surface area contributed by atoms with Gasteiger partial charge >= 0.3 is 6.09 Å². The highest BCUT2D eigenvalue weighted by atomic mass is 16.6. The van der Waals surface area contributed by atoms with Crippen molar-refractivity contribution < 1.29 is 28.5 Å². The lowest BCUT2D eigenvalue weighted by Gasteiger charge is -2.35. The molecule has 0 bridgehead atoms. The molecule has 1 saturated heterocycles. The van der Waals surface area contributed by atoms with E-state index in [1.807, 2.05) is 31.6 Å². The molecule has 1 amide bonds. The molecular formula is C28H45N5O6. The molecule has 1 aliphatic heterocycles. The zero-order valence-electron chi connectivity index (χ0n) is 24.0. The van der Waals surface area contributed by atoms with Crippen LogP contribution in [0.5, 0.6) is 0 Å². The van der Waals surface area contributed by atoms with Crippen molar-refractivity contribution in [3.05, 3.63) is 47.3 Å². The predicted octanol–water partition coefficient (Wildman–Crippen LogP) is 2.75. The fourth-order valence-corrected chi connectivity index (χ4v) is 3.87. The summed E-state index contributed by atoms with van der Waals surface area (Å²) in [5.41, 5.74) is 2.77. The van der Waals surface area contributed by atoms with Gasteiger partial charge in [-0.25, -0.2) is 9.48 Å². The van der Waals surface area contributed by atoms with Crippen molar-refractivity contribution in [2.75, 3.05) is 79.0 Å². The summed E-state index contributed by atoms with van der Waals surface area (Å²) in [6, 6.07) is 8.39. The highest BCUT2D eigenvalue weighted by Gasteiger charge is 2.25. The number of amides is 1. The van der Waals surface area contributed by atoms with E-state index >= 15 is 0 Å². The van der Waals surface area contributed by atoms with Gasteiger partial charge in [0.15, 0.2) is 0 Å². The normalized spacial score (nSPS) is 14.6. The summed E-state index contributed by atoms with van der Waals surface area (Å²) in [4.78, 5) is 16.2. The van der Waals surface area contributed by atoms with Crippen LogP contribution in [0.25, 0.3) is 0 Å². The van der Waals surface area contributed by atoms with E-state index in [1.165, 1.54) is 11.1 Å². The molecule has 11 nitrogen and oxygen atoms in total. The Kier molecular flexibility index (Phi) is 13.1. The Labute approximate surface area is 232 Å². The van der Waals surface area contributed by atoms with E-state index in [1.54, 1.807) is 4.90 Å². The maximum Gasteiger partial charge on any atom is 0.410 e. The van der Waals surface area contributed by atoms with Gasteiger partial charge in [-0.3, -0.25) is 4.90 Å². The van der Waals surface area contributed by atoms with Gasteiger partial charge in [0, 0.05) is 32.7 Å². The number of aromatic nitrogens is 3. The van der Waals surface area contributed by atoms with Crippen molar-refractivity contribution >= 4 is 6.09 Å². The van der Waals surface area contributed by atoms with Crippen molar-refractivity contribution in [2.24, 2.45) is 0 Å². The quantitative estimate of drug-likeness (QED) is 0.294. The molecular weight excluding hydrogens is 502 g/mol.